The van der Waals surface area contributed by atoms with Gasteiger partial charge in [0.1, 0.15) is 11.4 Å². The van der Waals surface area contributed by atoms with Gasteiger partial charge in [0.25, 0.3) is 0 Å². The minimum atomic E-state index is -0.583. The van der Waals surface area contributed by atoms with Crippen LogP contribution >= 0.6 is 46.4 Å². The number of rotatable bonds is 23. The Balaban J connectivity index is 1.33. The molecule has 0 radical (unpaired) electrons. The topological polar surface area (TPSA) is 113 Å². The predicted molar refractivity (Wildman–Crippen MR) is 222 cm³/mol. The van der Waals surface area contributed by atoms with Crippen molar-refractivity contribution in [1.82, 2.24) is 9.78 Å². The molecule has 1 amide bonds. The molecule has 0 aliphatic carbocycles. The zero-order valence-corrected chi connectivity index (χ0v) is 33.6. The fraction of sp³-hybridized carbons (Fsp3) is 0.450. The average molecular weight is 805 g/mol. The number of benzene rings is 3. The molecule has 0 aliphatic rings. The highest BCUT2D eigenvalue weighted by Gasteiger charge is 2.21. The molecule has 0 atom stereocenters. The molecule has 0 saturated carbocycles. The third-order valence-corrected chi connectivity index (χ3v) is 10.1. The summed E-state index contributed by atoms with van der Waals surface area (Å²) in [5.74, 6) is 0.741. The van der Waals surface area contributed by atoms with Crippen molar-refractivity contribution < 1.29 is 9.53 Å². The number of ether oxygens (including phenoxy) is 1. The zero-order chi connectivity index (χ0) is 38.0. The number of nitrogens with zero attached hydrogens (tertiary/aromatic N) is 3. The summed E-state index contributed by atoms with van der Waals surface area (Å²) in [6.07, 6.45) is 19.5. The number of aromatic amines is 1. The SMILES string of the molecule is CCCCCCCCCCCCCCCCCC(=O)Nc1ccc(Cl)c(Nc2[nH]n(-c3c(Cl)cc(Cl)cc3Cl)c(=O)c2N=Nc2ccc(OC)cc2)c1. The number of nitrogens with one attached hydrogen (secondary N) is 3. The molecule has 286 valence electrons. The van der Waals surface area contributed by atoms with E-state index < -0.39 is 5.56 Å². The largest absolute Gasteiger partial charge is 0.497 e. The lowest BCUT2D eigenvalue weighted by molar-refractivity contribution is -0.116. The number of halogens is 4. The molecular formula is C40H50Cl4N6O3. The van der Waals surface area contributed by atoms with Crippen LogP contribution in [0.4, 0.5) is 28.6 Å². The molecule has 3 aromatic carbocycles. The maximum Gasteiger partial charge on any atom is 0.301 e. The first kappa shape index (κ1) is 42.2. The Morgan fingerprint density at radius 3 is 1.87 bits per heavy atom. The molecule has 1 heterocycles. The molecule has 4 rings (SSSR count). The van der Waals surface area contributed by atoms with Crippen molar-refractivity contribution in [3.8, 4) is 11.4 Å². The number of azo groups is 1. The van der Waals surface area contributed by atoms with Gasteiger partial charge in [-0.1, -0.05) is 143 Å². The molecule has 0 aliphatic heterocycles. The summed E-state index contributed by atoms with van der Waals surface area (Å²) in [4.78, 5) is 26.6. The molecule has 0 spiro atoms. The summed E-state index contributed by atoms with van der Waals surface area (Å²) in [6.45, 7) is 2.26. The molecule has 1 aromatic heterocycles. The van der Waals surface area contributed by atoms with E-state index in [0.717, 1.165) is 23.9 Å². The third-order valence-electron chi connectivity index (χ3n) is 8.93. The first-order valence-corrected chi connectivity index (χ1v) is 20.1. The highest BCUT2D eigenvalue weighted by atomic mass is 35.5. The van der Waals surface area contributed by atoms with Crippen LogP contribution in [0.15, 0.2) is 69.6 Å². The number of H-pyrrole nitrogens is 1. The van der Waals surface area contributed by atoms with Gasteiger partial charge in [-0.3, -0.25) is 14.7 Å². The minimum absolute atomic E-state index is 0.0680. The number of amides is 1. The summed E-state index contributed by atoms with van der Waals surface area (Å²) in [6, 6.07) is 14.9. The molecular weight excluding hydrogens is 754 g/mol. The number of hydrogen-bond donors (Lipinski definition) is 3. The van der Waals surface area contributed by atoms with Gasteiger partial charge in [-0.05, 0) is 61.0 Å². The van der Waals surface area contributed by atoms with E-state index in [1.54, 1.807) is 49.6 Å². The van der Waals surface area contributed by atoms with Crippen molar-refractivity contribution in [3.05, 3.63) is 85.0 Å². The van der Waals surface area contributed by atoms with Gasteiger partial charge in [0, 0.05) is 17.1 Å². The molecule has 53 heavy (non-hydrogen) atoms. The van der Waals surface area contributed by atoms with Crippen LogP contribution in [0.25, 0.3) is 5.69 Å². The van der Waals surface area contributed by atoms with Crippen molar-refractivity contribution in [2.45, 2.75) is 110 Å². The quantitative estimate of drug-likeness (QED) is 0.0512. The Kier molecular flexibility index (Phi) is 18.1. The number of anilines is 3. The summed E-state index contributed by atoms with van der Waals surface area (Å²) < 4.78 is 6.37. The van der Waals surface area contributed by atoms with E-state index in [1.165, 1.54) is 89.2 Å². The van der Waals surface area contributed by atoms with Crippen LogP contribution in [-0.2, 0) is 4.79 Å². The van der Waals surface area contributed by atoms with Crippen LogP contribution in [0.1, 0.15) is 110 Å². The van der Waals surface area contributed by atoms with E-state index >= 15 is 0 Å². The van der Waals surface area contributed by atoms with Crippen LogP contribution in [0.2, 0.25) is 20.1 Å². The van der Waals surface area contributed by atoms with Gasteiger partial charge in [-0.25, -0.2) is 4.68 Å². The van der Waals surface area contributed by atoms with E-state index in [2.05, 4.69) is 32.9 Å². The third kappa shape index (κ3) is 13.7. The van der Waals surface area contributed by atoms with E-state index in [9.17, 15) is 9.59 Å². The first-order chi connectivity index (χ1) is 25.7. The van der Waals surface area contributed by atoms with Crippen molar-refractivity contribution >= 4 is 80.9 Å². The number of carbonyl (C=O) groups is 1. The first-order valence-electron chi connectivity index (χ1n) is 18.6. The Morgan fingerprint density at radius 1 is 0.736 bits per heavy atom. The lowest BCUT2D eigenvalue weighted by Gasteiger charge is -2.11. The normalized spacial score (nSPS) is 11.4. The highest BCUT2D eigenvalue weighted by molar-refractivity contribution is 6.40. The van der Waals surface area contributed by atoms with Crippen molar-refractivity contribution in [2.24, 2.45) is 10.2 Å². The summed E-state index contributed by atoms with van der Waals surface area (Å²) in [5.41, 5.74) is 0.987. The minimum Gasteiger partial charge on any atom is -0.497 e. The molecule has 0 bridgehead atoms. The Labute approximate surface area is 332 Å². The van der Waals surface area contributed by atoms with E-state index in [-0.39, 0.29) is 33.1 Å². The second-order valence-electron chi connectivity index (χ2n) is 13.2. The lowest BCUT2D eigenvalue weighted by atomic mass is 10.0. The zero-order valence-electron chi connectivity index (χ0n) is 30.6. The smallest absolute Gasteiger partial charge is 0.301 e. The summed E-state index contributed by atoms with van der Waals surface area (Å²) >= 11 is 25.6. The van der Waals surface area contributed by atoms with Gasteiger partial charge in [0.2, 0.25) is 5.91 Å². The molecule has 4 aromatic rings. The van der Waals surface area contributed by atoms with Gasteiger partial charge in [0.15, 0.2) is 11.5 Å². The van der Waals surface area contributed by atoms with Gasteiger partial charge >= 0.3 is 5.56 Å². The number of unbranched alkanes of at least 4 members (excludes halogenated alkanes) is 14. The summed E-state index contributed by atoms with van der Waals surface area (Å²) in [5, 5.41) is 18.6. The van der Waals surface area contributed by atoms with Crippen molar-refractivity contribution in [1.29, 1.82) is 0 Å². The van der Waals surface area contributed by atoms with Crippen LogP contribution in [-0.4, -0.2) is 22.8 Å². The monoisotopic (exact) mass is 802 g/mol. The maximum atomic E-state index is 13.7. The highest BCUT2D eigenvalue weighted by Crippen LogP contribution is 2.35. The van der Waals surface area contributed by atoms with Gasteiger partial charge < -0.3 is 15.4 Å². The molecule has 0 saturated heterocycles. The van der Waals surface area contributed by atoms with Crippen molar-refractivity contribution in [2.75, 3.05) is 17.7 Å². The molecule has 0 fully saturated rings. The second-order valence-corrected chi connectivity index (χ2v) is 14.8. The van der Waals surface area contributed by atoms with Gasteiger partial charge in [0.05, 0.1) is 33.6 Å². The van der Waals surface area contributed by atoms with Crippen LogP contribution in [0, 0.1) is 0 Å². The maximum absolute atomic E-state index is 13.7. The fourth-order valence-corrected chi connectivity index (χ4v) is 7.14. The van der Waals surface area contributed by atoms with E-state index in [1.807, 2.05) is 0 Å². The number of methoxy groups -OCH3 is 1. The molecule has 3 N–H and O–H groups in total. The van der Waals surface area contributed by atoms with Crippen molar-refractivity contribution in [3.63, 3.8) is 0 Å². The number of aromatic nitrogens is 2. The summed E-state index contributed by atoms with van der Waals surface area (Å²) in [7, 11) is 1.57. The number of hydrogen-bond acceptors (Lipinski definition) is 6. The number of carbonyl (C=O) groups excluding carboxylic acids is 1. The van der Waals surface area contributed by atoms with E-state index in [4.69, 9.17) is 51.1 Å². The second kappa shape index (κ2) is 22.7. The van der Waals surface area contributed by atoms with Gasteiger partial charge in [-0.2, -0.15) is 5.11 Å². The van der Waals surface area contributed by atoms with Crippen LogP contribution in [0.5, 0.6) is 5.75 Å². The average Bonchev–Trinajstić information content (AvgIpc) is 3.43. The fourth-order valence-electron chi connectivity index (χ4n) is 5.98. The van der Waals surface area contributed by atoms with E-state index in [0.29, 0.717) is 39.3 Å². The molecule has 0 unspecified atom stereocenters. The Morgan fingerprint density at radius 2 is 1.30 bits per heavy atom. The Hall–Kier alpha value is -3.50. The predicted octanol–water partition coefficient (Wildman–Crippen LogP) is 14.1. The molecule has 9 nitrogen and oxygen atoms in total. The van der Waals surface area contributed by atoms with Crippen LogP contribution in [0.3, 0.4) is 0 Å². The molecule has 13 heteroatoms. The lowest BCUT2D eigenvalue weighted by Crippen LogP contribution is -2.15. The Bertz CT molecular complexity index is 1820. The standard InChI is InChI=1S/C40H50Cl4N6O3/c1-3-4-5-6-7-8-9-10-11-12-13-14-15-16-17-18-36(51)45-30-21-24-32(42)35(27-30)46-39-37(48-47-29-19-22-31(53-2)23-20-29)40(52)50(49-39)38-33(43)25-28(41)26-34(38)44/h19-27,46,49H,3-18H2,1-2H3,(H,45,51). The van der Waals surface area contributed by atoms with Gasteiger partial charge in [-0.15, -0.1) is 5.11 Å². The van der Waals surface area contributed by atoms with Crippen LogP contribution < -0.4 is 20.9 Å².